The van der Waals surface area contributed by atoms with Crippen LogP contribution in [0.3, 0.4) is 0 Å². The average molecular weight is 369 g/mol. The largest absolute Gasteiger partial charge is 0.487 e. The van der Waals surface area contributed by atoms with Crippen LogP contribution < -0.4 is 10.1 Å². The topological polar surface area (TPSA) is 42.3 Å². The lowest BCUT2D eigenvalue weighted by Gasteiger charge is -2.45. The third kappa shape index (κ3) is 3.90. The Morgan fingerprint density at radius 2 is 2.04 bits per heavy atom. The third-order valence-electron chi connectivity index (χ3n) is 6.25. The summed E-state index contributed by atoms with van der Waals surface area (Å²) in [7, 11) is 6.25. The van der Waals surface area contributed by atoms with E-state index in [1.54, 1.807) is 0 Å². The highest BCUT2D eigenvalue weighted by Crippen LogP contribution is 2.46. The first-order valence-electron chi connectivity index (χ1n) is 10.2. The Balaban J connectivity index is 1.54. The SMILES string of the molecule is CN(C)[C@@H](CN[C@@H]1CC2(CCCCC2)Oc2ccccc21)c1cnn(C)c1. The van der Waals surface area contributed by atoms with Gasteiger partial charge in [0.15, 0.2) is 0 Å². The summed E-state index contributed by atoms with van der Waals surface area (Å²) < 4.78 is 8.45. The molecule has 1 fully saturated rings. The molecule has 2 aromatic rings. The molecule has 146 valence electrons. The molecular weight excluding hydrogens is 336 g/mol. The summed E-state index contributed by atoms with van der Waals surface area (Å²) >= 11 is 0. The second-order valence-corrected chi connectivity index (χ2v) is 8.48. The van der Waals surface area contributed by atoms with Crippen LogP contribution in [0.1, 0.15) is 61.7 Å². The number of aromatic nitrogens is 2. The summed E-state index contributed by atoms with van der Waals surface area (Å²) in [6.07, 6.45) is 11.4. The van der Waals surface area contributed by atoms with E-state index in [2.05, 4.69) is 59.9 Å². The number of para-hydroxylation sites is 1. The smallest absolute Gasteiger partial charge is 0.124 e. The zero-order valence-corrected chi connectivity index (χ0v) is 16.8. The second-order valence-electron chi connectivity index (χ2n) is 8.48. The number of fused-ring (bicyclic) bond motifs is 1. The van der Waals surface area contributed by atoms with Crippen molar-refractivity contribution in [3.63, 3.8) is 0 Å². The standard InChI is InChI=1S/C22H32N4O/c1-25(2)20(17-14-24-26(3)16-17)15-23-19-13-22(11-7-4-8-12-22)27-21-10-6-5-9-18(19)21/h5-6,9-10,14,16,19-20,23H,4,7-8,11-13,15H2,1-3H3/t19-,20+/m1/s1. The van der Waals surface area contributed by atoms with Crippen LogP contribution in [0.4, 0.5) is 0 Å². The first-order chi connectivity index (χ1) is 13.1. The summed E-state index contributed by atoms with van der Waals surface area (Å²) in [6.45, 7) is 0.897. The van der Waals surface area contributed by atoms with E-state index < -0.39 is 0 Å². The molecule has 1 saturated carbocycles. The predicted molar refractivity (Wildman–Crippen MR) is 108 cm³/mol. The molecule has 1 aromatic carbocycles. The molecular formula is C22H32N4O. The number of benzene rings is 1. The first-order valence-corrected chi connectivity index (χ1v) is 10.2. The summed E-state index contributed by atoms with van der Waals surface area (Å²) in [5.41, 5.74) is 2.58. The summed E-state index contributed by atoms with van der Waals surface area (Å²) in [4.78, 5) is 2.27. The first kappa shape index (κ1) is 18.5. The van der Waals surface area contributed by atoms with Crippen molar-refractivity contribution in [2.24, 2.45) is 7.05 Å². The van der Waals surface area contributed by atoms with Gasteiger partial charge in [-0.05, 0) is 45.8 Å². The molecule has 2 aliphatic rings. The van der Waals surface area contributed by atoms with E-state index in [0.717, 1.165) is 18.7 Å². The van der Waals surface area contributed by atoms with Crippen molar-refractivity contribution in [1.29, 1.82) is 0 Å². The number of nitrogens with one attached hydrogen (secondary N) is 1. The number of likely N-dealkylation sites (N-methyl/N-ethyl adjacent to an activating group) is 1. The van der Waals surface area contributed by atoms with Crippen molar-refractivity contribution < 1.29 is 4.74 Å². The molecule has 0 radical (unpaired) electrons. The fourth-order valence-corrected chi connectivity index (χ4v) is 4.77. The zero-order chi connectivity index (χ0) is 18.9. The molecule has 5 heteroatoms. The van der Waals surface area contributed by atoms with Crippen molar-refractivity contribution in [2.45, 2.75) is 56.2 Å². The number of aryl methyl sites for hydroxylation is 1. The number of hydrogen-bond donors (Lipinski definition) is 1. The van der Waals surface area contributed by atoms with Crippen LogP contribution in [0.15, 0.2) is 36.7 Å². The number of rotatable bonds is 5. The fourth-order valence-electron chi connectivity index (χ4n) is 4.77. The highest BCUT2D eigenvalue weighted by atomic mass is 16.5. The van der Waals surface area contributed by atoms with Gasteiger partial charge in [0.05, 0.1) is 6.20 Å². The Bertz CT molecular complexity index is 763. The molecule has 2 heterocycles. The molecule has 1 aromatic heterocycles. The Hall–Kier alpha value is -1.85. The van der Waals surface area contributed by atoms with Crippen molar-refractivity contribution >= 4 is 0 Å². The van der Waals surface area contributed by atoms with Crippen molar-refractivity contribution in [3.05, 3.63) is 47.8 Å². The van der Waals surface area contributed by atoms with Crippen LogP contribution >= 0.6 is 0 Å². The van der Waals surface area contributed by atoms with Gasteiger partial charge in [-0.1, -0.05) is 24.6 Å². The number of ether oxygens (including phenoxy) is 1. The van der Waals surface area contributed by atoms with Gasteiger partial charge in [-0.25, -0.2) is 0 Å². The highest BCUT2D eigenvalue weighted by Gasteiger charge is 2.41. The molecule has 27 heavy (non-hydrogen) atoms. The van der Waals surface area contributed by atoms with Gasteiger partial charge in [-0.2, -0.15) is 5.10 Å². The van der Waals surface area contributed by atoms with Crippen LogP contribution in [0, 0.1) is 0 Å². The van der Waals surface area contributed by atoms with Gasteiger partial charge < -0.3 is 15.0 Å². The molecule has 2 atom stereocenters. The minimum absolute atomic E-state index is 0.0200. The minimum atomic E-state index is 0.0200. The molecule has 0 unspecified atom stereocenters. The lowest BCUT2D eigenvalue weighted by atomic mass is 9.77. The average Bonchev–Trinajstić information content (AvgIpc) is 3.08. The van der Waals surface area contributed by atoms with E-state index in [4.69, 9.17) is 4.74 Å². The van der Waals surface area contributed by atoms with Gasteiger partial charge in [0.2, 0.25) is 0 Å². The minimum Gasteiger partial charge on any atom is -0.487 e. The molecule has 1 aliphatic heterocycles. The van der Waals surface area contributed by atoms with Crippen molar-refractivity contribution in [3.8, 4) is 5.75 Å². The molecule has 0 saturated heterocycles. The maximum Gasteiger partial charge on any atom is 0.124 e. The normalized spacial score (nSPS) is 22.4. The van der Waals surface area contributed by atoms with E-state index in [0.29, 0.717) is 12.1 Å². The lowest BCUT2D eigenvalue weighted by Crippen LogP contribution is -2.46. The fraction of sp³-hybridized carbons (Fsp3) is 0.591. The van der Waals surface area contributed by atoms with Crippen LogP contribution in [0.5, 0.6) is 5.75 Å². The van der Waals surface area contributed by atoms with E-state index in [-0.39, 0.29) is 5.60 Å². The predicted octanol–water partition coefficient (Wildman–Crippen LogP) is 3.84. The summed E-state index contributed by atoms with van der Waals surface area (Å²) in [5.74, 6) is 1.07. The molecule has 1 spiro atoms. The van der Waals surface area contributed by atoms with Gasteiger partial charge in [0.25, 0.3) is 0 Å². The maximum absolute atomic E-state index is 6.57. The molecule has 0 amide bonds. The van der Waals surface area contributed by atoms with Gasteiger partial charge in [-0.3, -0.25) is 4.68 Å². The lowest BCUT2D eigenvalue weighted by molar-refractivity contribution is -0.00330. The summed E-state index contributed by atoms with van der Waals surface area (Å²) in [6, 6.07) is 9.22. The third-order valence-corrected chi connectivity index (χ3v) is 6.25. The number of nitrogens with zero attached hydrogens (tertiary/aromatic N) is 3. The molecule has 0 bridgehead atoms. The van der Waals surface area contributed by atoms with Gasteiger partial charge >= 0.3 is 0 Å². The monoisotopic (exact) mass is 368 g/mol. The van der Waals surface area contributed by atoms with Crippen molar-refractivity contribution in [1.82, 2.24) is 20.0 Å². The quantitative estimate of drug-likeness (QED) is 0.871. The highest BCUT2D eigenvalue weighted by molar-refractivity contribution is 5.39. The summed E-state index contributed by atoms with van der Waals surface area (Å²) in [5, 5.41) is 8.24. The van der Waals surface area contributed by atoms with Crippen molar-refractivity contribution in [2.75, 3.05) is 20.6 Å². The molecule has 1 aliphatic carbocycles. The van der Waals surface area contributed by atoms with Gasteiger partial charge in [0, 0.05) is 49.4 Å². The molecule has 5 nitrogen and oxygen atoms in total. The van der Waals surface area contributed by atoms with Gasteiger partial charge in [-0.15, -0.1) is 0 Å². The Kier molecular flexibility index (Phi) is 5.24. The van der Waals surface area contributed by atoms with E-state index >= 15 is 0 Å². The molecule has 4 rings (SSSR count). The Labute approximate surface area is 162 Å². The van der Waals surface area contributed by atoms with E-state index in [1.165, 1.54) is 43.2 Å². The zero-order valence-electron chi connectivity index (χ0n) is 16.8. The van der Waals surface area contributed by atoms with Gasteiger partial charge in [0.1, 0.15) is 11.4 Å². The second kappa shape index (κ2) is 7.64. The van der Waals surface area contributed by atoms with Crippen LogP contribution in [0.2, 0.25) is 0 Å². The Morgan fingerprint density at radius 1 is 1.26 bits per heavy atom. The maximum atomic E-state index is 6.57. The number of hydrogen-bond acceptors (Lipinski definition) is 4. The molecule has 1 N–H and O–H groups in total. The van der Waals surface area contributed by atoms with Crippen LogP contribution in [0.25, 0.3) is 0 Å². The Morgan fingerprint density at radius 3 is 2.74 bits per heavy atom. The van der Waals surface area contributed by atoms with Crippen LogP contribution in [-0.4, -0.2) is 40.9 Å². The van der Waals surface area contributed by atoms with E-state index in [9.17, 15) is 0 Å². The van der Waals surface area contributed by atoms with Crippen LogP contribution in [-0.2, 0) is 7.05 Å². The van der Waals surface area contributed by atoms with E-state index in [1.807, 2.05) is 17.9 Å².